The van der Waals surface area contributed by atoms with Crippen LogP contribution in [0.4, 0.5) is 0 Å². The first-order chi connectivity index (χ1) is 6.88. The SMILES string of the molecule is O=C1CCC[C@H]2[C@@H]3CCCCC[C@@H]3[C@@H]12. The van der Waals surface area contributed by atoms with Gasteiger partial charge in [-0.2, -0.15) is 0 Å². The Morgan fingerprint density at radius 3 is 2.21 bits per heavy atom. The van der Waals surface area contributed by atoms with E-state index in [2.05, 4.69) is 0 Å². The number of rotatable bonds is 0. The van der Waals surface area contributed by atoms with Crippen LogP contribution >= 0.6 is 0 Å². The standard InChI is InChI=1S/C13H20O/c14-12-8-4-7-11-9-5-2-1-3-6-10(9)13(11)12/h9-11,13H,1-8H2/t9-,10+,11+,13-/m1/s1. The van der Waals surface area contributed by atoms with Crippen molar-refractivity contribution in [3.63, 3.8) is 0 Å². The van der Waals surface area contributed by atoms with Gasteiger partial charge < -0.3 is 0 Å². The number of carbonyl (C=O) groups excluding carboxylic acids is 1. The minimum absolute atomic E-state index is 0.520. The molecule has 3 fully saturated rings. The zero-order valence-electron chi connectivity index (χ0n) is 8.87. The number of fused-ring (bicyclic) bond motifs is 4. The molecule has 0 aromatic heterocycles. The Labute approximate surface area is 86.3 Å². The minimum Gasteiger partial charge on any atom is -0.299 e. The maximum absolute atomic E-state index is 11.8. The number of Topliss-reactive ketones (excluding diaryl/α,β-unsaturated/α-hetero) is 1. The van der Waals surface area contributed by atoms with Gasteiger partial charge in [-0.1, -0.05) is 19.3 Å². The van der Waals surface area contributed by atoms with Gasteiger partial charge >= 0.3 is 0 Å². The normalized spacial score (nSPS) is 47.3. The van der Waals surface area contributed by atoms with E-state index >= 15 is 0 Å². The van der Waals surface area contributed by atoms with Gasteiger partial charge in [-0.15, -0.1) is 0 Å². The third-order valence-electron chi connectivity index (χ3n) is 4.93. The van der Waals surface area contributed by atoms with Gasteiger partial charge in [0.1, 0.15) is 5.78 Å². The van der Waals surface area contributed by atoms with Gasteiger partial charge in [-0.05, 0) is 43.4 Å². The highest BCUT2D eigenvalue weighted by atomic mass is 16.1. The zero-order valence-corrected chi connectivity index (χ0v) is 8.87. The summed E-state index contributed by atoms with van der Waals surface area (Å²) in [4.78, 5) is 11.8. The second kappa shape index (κ2) is 3.36. The molecule has 1 nitrogen and oxygen atoms in total. The van der Waals surface area contributed by atoms with Gasteiger partial charge in [0.2, 0.25) is 0 Å². The first-order valence-electron chi connectivity index (χ1n) is 6.40. The average molecular weight is 192 g/mol. The van der Waals surface area contributed by atoms with Crippen LogP contribution in [0.15, 0.2) is 0 Å². The maximum atomic E-state index is 11.8. The number of hydrogen-bond donors (Lipinski definition) is 0. The molecule has 14 heavy (non-hydrogen) atoms. The summed E-state index contributed by atoms with van der Waals surface area (Å²) in [5.74, 6) is 3.72. The lowest BCUT2D eigenvalue weighted by atomic mass is 9.50. The van der Waals surface area contributed by atoms with Crippen LogP contribution in [0.2, 0.25) is 0 Å². The summed E-state index contributed by atoms with van der Waals surface area (Å²) in [6, 6.07) is 0. The fourth-order valence-electron chi connectivity index (χ4n) is 4.33. The van der Waals surface area contributed by atoms with Crippen LogP contribution < -0.4 is 0 Å². The Balaban J connectivity index is 1.78. The van der Waals surface area contributed by atoms with Gasteiger partial charge in [0, 0.05) is 12.3 Å². The Hall–Kier alpha value is -0.330. The third kappa shape index (κ3) is 1.17. The highest BCUT2D eigenvalue weighted by Gasteiger charge is 2.53. The highest BCUT2D eigenvalue weighted by molar-refractivity contribution is 5.83. The topological polar surface area (TPSA) is 17.1 Å². The summed E-state index contributed by atoms with van der Waals surface area (Å²) in [5, 5.41) is 0. The number of ketones is 1. The molecule has 78 valence electrons. The second-order valence-electron chi connectivity index (χ2n) is 5.51. The van der Waals surface area contributed by atoms with Crippen LogP contribution in [-0.4, -0.2) is 5.78 Å². The second-order valence-corrected chi connectivity index (χ2v) is 5.51. The van der Waals surface area contributed by atoms with Crippen molar-refractivity contribution in [3.05, 3.63) is 0 Å². The molecule has 0 spiro atoms. The van der Waals surface area contributed by atoms with Gasteiger partial charge in [-0.3, -0.25) is 4.79 Å². The molecule has 0 aromatic rings. The van der Waals surface area contributed by atoms with E-state index in [1.807, 2.05) is 0 Å². The largest absolute Gasteiger partial charge is 0.299 e. The van der Waals surface area contributed by atoms with Gasteiger partial charge in [0.25, 0.3) is 0 Å². The predicted octanol–water partition coefficient (Wildman–Crippen LogP) is 3.18. The van der Waals surface area contributed by atoms with Crippen molar-refractivity contribution < 1.29 is 4.79 Å². The van der Waals surface area contributed by atoms with Gasteiger partial charge in [-0.25, -0.2) is 0 Å². The van der Waals surface area contributed by atoms with Crippen molar-refractivity contribution in [1.29, 1.82) is 0 Å². The Morgan fingerprint density at radius 2 is 1.43 bits per heavy atom. The van der Waals surface area contributed by atoms with E-state index in [1.165, 1.54) is 44.9 Å². The molecule has 0 N–H and O–H groups in total. The summed E-state index contributed by atoms with van der Waals surface area (Å²) in [7, 11) is 0. The molecule has 0 unspecified atom stereocenters. The molecule has 3 aliphatic carbocycles. The lowest BCUT2D eigenvalue weighted by molar-refractivity contribution is -0.144. The monoisotopic (exact) mass is 192 g/mol. The summed E-state index contributed by atoms with van der Waals surface area (Å²) in [6.07, 6.45) is 10.5. The van der Waals surface area contributed by atoms with Crippen molar-refractivity contribution in [2.75, 3.05) is 0 Å². The summed E-state index contributed by atoms with van der Waals surface area (Å²) >= 11 is 0. The average Bonchev–Trinajstić information content (AvgIpc) is 2.36. The first-order valence-corrected chi connectivity index (χ1v) is 6.40. The number of carbonyl (C=O) groups is 1. The summed E-state index contributed by atoms with van der Waals surface area (Å²) in [5.41, 5.74) is 0. The number of hydrogen-bond acceptors (Lipinski definition) is 1. The van der Waals surface area contributed by atoms with Crippen LogP contribution in [0.3, 0.4) is 0 Å². The fourth-order valence-corrected chi connectivity index (χ4v) is 4.33. The quantitative estimate of drug-likeness (QED) is 0.576. The van der Waals surface area contributed by atoms with Crippen molar-refractivity contribution in [2.45, 2.75) is 51.4 Å². The predicted molar refractivity (Wildman–Crippen MR) is 55.9 cm³/mol. The molecule has 3 rings (SSSR count). The molecule has 0 saturated heterocycles. The van der Waals surface area contributed by atoms with E-state index in [0.29, 0.717) is 11.7 Å². The molecule has 3 aliphatic rings. The van der Waals surface area contributed by atoms with E-state index in [1.54, 1.807) is 0 Å². The van der Waals surface area contributed by atoms with E-state index in [9.17, 15) is 4.79 Å². The van der Waals surface area contributed by atoms with Gasteiger partial charge in [0.05, 0.1) is 0 Å². The van der Waals surface area contributed by atoms with E-state index in [-0.39, 0.29) is 0 Å². The van der Waals surface area contributed by atoms with E-state index < -0.39 is 0 Å². The van der Waals surface area contributed by atoms with Gasteiger partial charge in [0.15, 0.2) is 0 Å². The zero-order chi connectivity index (χ0) is 9.54. The molecular formula is C13H20O. The molecule has 1 heteroatoms. The van der Waals surface area contributed by atoms with Crippen LogP contribution in [0, 0.1) is 23.7 Å². The minimum atomic E-state index is 0.520. The Kier molecular flexibility index (Phi) is 2.14. The van der Waals surface area contributed by atoms with Crippen molar-refractivity contribution in [1.82, 2.24) is 0 Å². The molecule has 0 aliphatic heterocycles. The Morgan fingerprint density at radius 1 is 0.786 bits per heavy atom. The van der Waals surface area contributed by atoms with Crippen LogP contribution in [0.5, 0.6) is 0 Å². The van der Waals surface area contributed by atoms with E-state index in [4.69, 9.17) is 0 Å². The molecule has 0 amide bonds. The van der Waals surface area contributed by atoms with Crippen LogP contribution in [0.1, 0.15) is 51.4 Å². The highest BCUT2D eigenvalue weighted by Crippen LogP contribution is 2.56. The maximum Gasteiger partial charge on any atom is 0.136 e. The van der Waals surface area contributed by atoms with Crippen molar-refractivity contribution in [3.8, 4) is 0 Å². The lowest BCUT2D eigenvalue weighted by Crippen LogP contribution is -2.52. The molecule has 0 aromatic carbocycles. The molecule has 0 bridgehead atoms. The van der Waals surface area contributed by atoms with Crippen LogP contribution in [-0.2, 0) is 4.79 Å². The van der Waals surface area contributed by atoms with E-state index in [0.717, 1.165) is 24.2 Å². The first kappa shape index (κ1) is 8.94. The Bertz CT molecular complexity index is 246. The van der Waals surface area contributed by atoms with Crippen molar-refractivity contribution in [2.24, 2.45) is 23.7 Å². The summed E-state index contributed by atoms with van der Waals surface area (Å²) < 4.78 is 0. The third-order valence-corrected chi connectivity index (χ3v) is 4.93. The smallest absolute Gasteiger partial charge is 0.136 e. The van der Waals surface area contributed by atoms with Crippen molar-refractivity contribution >= 4 is 5.78 Å². The van der Waals surface area contributed by atoms with Crippen LogP contribution in [0.25, 0.3) is 0 Å². The molecule has 3 saturated carbocycles. The summed E-state index contributed by atoms with van der Waals surface area (Å²) in [6.45, 7) is 0. The molecule has 0 heterocycles. The molecule has 4 atom stereocenters. The lowest BCUT2D eigenvalue weighted by Gasteiger charge is -2.53. The molecule has 0 radical (unpaired) electrons. The fraction of sp³-hybridized carbons (Fsp3) is 0.923. The molecular weight excluding hydrogens is 172 g/mol.